The average Bonchev–Trinajstić information content (AvgIpc) is 3.18. The predicted molar refractivity (Wildman–Crippen MR) is 106 cm³/mol. The second kappa shape index (κ2) is 8.17. The molecular formula is C18H21Cl3N4O. The van der Waals surface area contributed by atoms with Gasteiger partial charge in [-0.05, 0) is 56.8 Å². The van der Waals surface area contributed by atoms with E-state index in [2.05, 4.69) is 15.7 Å². The van der Waals surface area contributed by atoms with E-state index in [1.807, 2.05) is 10.7 Å². The van der Waals surface area contributed by atoms with Gasteiger partial charge in [-0.2, -0.15) is 5.10 Å². The Labute approximate surface area is 168 Å². The maximum Gasteiger partial charge on any atom is 0.272 e. The molecule has 8 heteroatoms. The van der Waals surface area contributed by atoms with E-state index >= 15 is 0 Å². The number of nitrogens with one attached hydrogen (secondary N) is 2. The van der Waals surface area contributed by atoms with Crippen LogP contribution in [0.5, 0.6) is 0 Å². The van der Waals surface area contributed by atoms with E-state index in [0.717, 1.165) is 62.1 Å². The molecule has 0 unspecified atom stereocenters. The van der Waals surface area contributed by atoms with Gasteiger partial charge in [-0.25, -0.2) is 4.68 Å². The molecule has 1 saturated heterocycles. The zero-order chi connectivity index (χ0) is 17.4. The summed E-state index contributed by atoms with van der Waals surface area (Å²) in [5.74, 6) is -0.0873. The molecule has 2 aliphatic rings. The number of halogens is 3. The molecule has 1 fully saturated rings. The van der Waals surface area contributed by atoms with Gasteiger partial charge in [0.25, 0.3) is 5.91 Å². The van der Waals surface area contributed by atoms with Crippen molar-refractivity contribution in [3.05, 3.63) is 45.2 Å². The topological polar surface area (TPSA) is 59.0 Å². The van der Waals surface area contributed by atoms with Crippen molar-refractivity contribution in [3.8, 4) is 5.69 Å². The quantitative estimate of drug-likeness (QED) is 0.805. The fourth-order valence-electron chi connectivity index (χ4n) is 3.70. The zero-order valence-electron chi connectivity index (χ0n) is 14.2. The van der Waals surface area contributed by atoms with Crippen molar-refractivity contribution < 1.29 is 4.79 Å². The Kier molecular flexibility index (Phi) is 6.13. The number of piperidine rings is 1. The van der Waals surface area contributed by atoms with Crippen molar-refractivity contribution in [2.75, 3.05) is 13.1 Å². The Morgan fingerprint density at radius 3 is 2.85 bits per heavy atom. The van der Waals surface area contributed by atoms with Crippen molar-refractivity contribution in [1.82, 2.24) is 20.4 Å². The predicted octanol–water partition coefficient (Wildman–Crippen LogP) is 3.57. The van der Waals surface area contributed by atoms with Crippen LogP contribution in [0.1, 0.15) is 41.0 Å². The molecule has 5 nitrogen and oxygen atoms in total. The average molecular weight is 416 g/mol. The van der Waals surface area contributed by atoms with Gasteiger partial charge in [-0.15, -0.1) is 12.4 Å². The van der Waals surface area contributed by atoms with Crippen LogP contribution in [-0.4, -0.2) is 34.8 Å². The third-order valence-corrected chi connectivity index (χ3v) is 5.45. The summed E-state index contributed by atoms with van der Waals surface area (Å²) in [6, 6.07) is 5.51. The van der Waals surface area contributed by atoms with Gasteiger partial charge in [-0.1, -0.05) is 23.2 Å². The molecule has 2 aromatic rings. The summed E-state index contributed by atoms with van der Waals surface area (Å²) in [7, 11) is 0. The second-order valence-electron chi connectivity index (χ2n) is 6.65. The molecule has 1 aliphatic heterocycles. The van der Waals surface area contributed by atoms with Crippen LogP contribution >= 0.6 is 35.6 Å². The lowest BCUT2D eigenvalue weighted by Gasteiger charge is -2.23. The smallest absolute Gasteiger partial charge is 0.272 e. The highest BCUT2D eigenvalue weighted by Crippen LogP contribution is 2.31. The summed E-state index contributed by atoms with van der Waals surface area (Å²) in [5.41, 5.74) is 3.43. The van der Waals surface area contributed by atoms with Crippen molar-refractivity contribution in [2.45, 2.75) is 38.1 Å². The molecule has 0 spiro atoms. The molecule has 1 aromatic heterocycles. The fraction of sp³-hybridized carbons (Fsp3) is 0.444. The number of benzene rings is 1. The Balaban J connectivity index is 0.00000196. The molecule has 1 aliphatic carbocycles. The Morgan fingerprint density at radius 2 is 2.12 bits per heavy atom. The van der Waals surface area contributed by atoms with Crippen LogP contribution in [0.2, 0.25) is 10.0 Å². The Morgan fingerprint density at radius 1 is 1.27 bits per heavy atom. The largest absolute Gasteiger partial charge is 0.347 e. The number of carbonyl (C=O) groups is 1. The van der Waals surface area contributed by atoms with Gasteiger partial charge >= 0.3 is 0 Å². The van der Waals surface area contributed by atoms with E-state index in [0.29, 0.717) is 15.7 Å². The summed E-state index contributed by atoms with van der Waals surface area (Å²) < 4.78 is 1.81. The normalized spacial score (nSPS) is 18.9. The summed E-state index contributed by atoms with van der Waals surface area (Å²) in [6.45, 7) is 1.84. The van der Waals surface area contributed by atoms with E-state index in [-0.39, 0.29) is 24.4 Å². The number of carbonyl (C=O) groups excluding carboxylic acids is 1. The fourth-order valence-corrected chi connectivity index (χ4v) is 4.19. The highest BCUT2D eigenvalue weighted by Gasteiger charge is 2.28. The molecule has 2 heterocycles. The van der Waals surface area contributed by atoms with Crippen LogP contribution < -0.4 is 10.6 Å². The summed E-state index contributed by atoms with van der Waals surface area (Å²) >= 11 is 12.4. The number of hydrogen-bond acceptors (Lipinski definition) is 3. The van der Waals surface area contributed by atoms with Gasteiger partial charge in [0.15, 0.2) is 5.69 Å². The van der Waals surface area contributed by atoms with Gasteiger partial charge < -0.3 is 10.6 Å². The minimum Gasteiger partial charge on any atom is -0.347 e. The first kappa shape index (κ1) is 19.5. The Bertz CT molecular complexity index is 815. The van der Waals surface area contributed by atoms with Gasteiger partial charge in [0, 0.05) is 28.9 Å². The van der Waals surface area contributed by atoms with Crippen LogP contribution in [0.25, 0.3) is 5.69 Å². The molecule has 0 radical (unpaired) electrons. The lowest BCUT2D eigenvalue weighted by atomic mass is 10.1. The van der Waals surface area contributed by atoms with Gasteiger partial charge in [-0.3, -0.25) is 4.79 Å². The zero-order valence-corrected chi connectivity index (χ0v) is 16.6. The monoisotopic (exact) mass is 414 g/mol. The number of rotatable bonds is 3. The van der Waals surface area contributed by atoms with Crippen LogP contribution in [0, 0.1) is 0 Å². The standard InChI is InChI=1S/C18H20Cl2N4O.ClH/c19-11-6-7-16(14(20)9-11)24-15-5-1-4-13(15)17(23-24)18(25)22-12-3-2-8-21-10-12;/h6-7,9,12,21H,1-5,8,10H2,(H,22,25);1H/t12-;/m0./s1. The van der Waals surface area contributed by atoms with E-state index in [9.17, 15) is 4.79 Å². The van der Waals surface area contributed by atoms with E-state index in [1.165, 1.54) is 0 Å². The molecule has 2 N–H and O–H groups in total. The summed E-state index contributed by atoms with van der Waals surface area (Å²) in [4.78, 5) is 12.8. The maximum atomic E-state index is 12.8. The number of nitrogens with zero attached hydrogens (tertiary/aromatic N) is 2. The molecule has 26 heavy (non-hydrogen) atoms. The molecule has 1 aromatic carbocycles. The highest BCUT2D eigenvalue weighted by atomic mass is 35.5. The first-order valence-corrected chi connectivity index (χ1v) is 9.47. The molecule has 1 atom stereocenters. The van der Waals surface area contributed by atoms with Crippen LogP contribution in [0.15, 0.2) is 18.2 Å². The first-order valence-electron chi connectivity index (χ1n) is 8.71. The Hall–Kier alpha value is -1.27. The van der Waals surface area contributed by atoms with Crippen molar-refractivity contribution in [3.63, 3.8) is 0 Å². The second-order valence-corrected chi connectivity index (χ2v) is 7.50. The minimum absolute atomic E-state index is 0. The minimum atomic E-state index is -0.0873. The third kappa shape index (κ3) is 3.72. The van der Waals surface area contributed by atoms with Crippen LogP contribution in [0.3, 0.4) is 0 Å². The maximum absolute atomic E-state index is 12.8. The molecule has 140 valence electrons. The van der Waals surface area contributed by atoms with Crippen LogP contribution in [-0.2, 0) is 12.8 Å². The summed E-state index contributed by atoms with van der Waals surface area (Å²) in [5, 5.41) is 12.2. The number of fused-ring (bicyclic) bond motifs is 1. The molecule has 0 bridgehead atoms. The lowest BCUT2D eigenvalue weighted by molar-refractivity contribution is 0.0924. The van der Waals surface area contributed by atoms with Gasteiger partial charge in [0.1, 0.15) is 0 Å². The highest BCUT2D eigenvalue weighted by molar-refractivity contribution is 6.35. The summed E-state index contributed by atoms with van der Waals surface area (Å²) in [6.07, 6.45) is 4.90. The third-order valence-electron chi connectivity index (χ3n) is 4.92. The molecule has 0 saturated carbocycles. The van der Waals surface area contributed by atoms with Crippen LogP contribution in [0.4, 0.5) is 0 Å². The number of amides is 1. The van der Waals surface area contributed by atoms with Crippen molar-refractivity contribution in [1.29, 1.82) is 0 Å². The van der Waals surface area contributed by atoms with Crippen molar-refractivity contribution in [2.24, 2.45) is 0 Å². The molecule has 4 rings (SSSR count). The van der Waals surface area contributed by atoms with E-state index in [4.69, 9.17) is 23.2 Å². The number of aromatic nitrogens is 2. The van der Waals surface area contributed by atoms with Gasteiger partial charge in [0.05, 0.1) is 10.7 Å². The SMILES string of the molecule is Cl.O=C(N[C@H]1CCCNC1)c1nn(-c2ccc(Cl)cc2Cl)c2c1CCC2. The first-order chi connectivity index (χ1) is 12.1. The lowest BCUT2D eigenvalue weighted by Crippen LogP contribution is -2.45. The van der Waals surface area contributed by atoms with E-state index in [1.54, 1.807) is 12.1 Å². The van der Waals surface area contributed by atoms with E-state index < -0.39 is 0 Å². The number of hydrogen-bond donors (Lipinski definition) is 2. The van der Waals surface area contributed by atoms with Crippen molar-refractivity contribution >= 4 is 41.5 Å². The molecule has 1 amide bonds. The van der Waals surface area contributed by atoms with Gasteiger partial charge in [0.2, 0.25) is 0 Å². The molecular weight excluding hydrogens is 395 g/mol.